The highest BCUT2D eigenvalue weighted by Crippen LogP contribution is 2.24. The summed E-state index contributed by atoms with van der Waals surface area (Å²) in [5.74, 6) is 4.30. The minimum Gasteiger partial charge on any atom is -0.465 e. The maximum absolute atomic E-state index is 13.1. The molecule has 0 atom stereocenters. The van der Waals surface area contributed by atoms with Gasteiger partial charge in [-0.15, -0.1) is 0 Å². The summed E-state index contributed by atoms with van der Waals surface area (Å²) in [5, 5.41) is 17.9. The lowest BCUT2D eigenvalue weighted by molar-refractivity contribution is -0.115. The number of hydrogen-bond acceptors (Lipinski definition) is 5. The number of Topliss-reactive ketones (excluding diaryl/α,β-unsaturated/α-hetero) is 1. The number of anilines is 2. The molecule has 0 saturated carbocycles. The van der Waals surface area contributed by atoms with Crippen LogP contribution in [-0.2, 0) is 4.79 Å². The van der Waals surface area contributed by atoms with Crippen LogP contribution in [0.1, 0.15) is 27.9 Å². The van der Waals surface area contributed by atoms with Gasteiger partial charge in [-0.1, -0.05) is 24.0 Å². The highest BCUT2D eigenvalue weighted by Gasteiger charge is 2.15. The molecule has 36 heavy (non-hydrogen) atoms. The molecule has 9 nitrogen and oxygen atoms in total. The van der Waals surface area contributed by atoms with Gasteiger partial charge in [0.1, 0.15) is 18.5 Å². The van der Waals surface area contributed by atoms with Crippen LogP contribution in [0.2, 0.25) is 0 Å². The van der Waals surface area contributed by atoms with E-state index < -0.39 is 24.2 Å². The second-order valence-corrected chi connectivity index (χ2v) is 7.49. The summed E-state index contributed by atoms with van der Waals surface area (Å²) in [6.45, 7) is 0. The van der Waals surface area contributed by atoms with Gasteiger partial charge in [0.05, 0.1) is 23.5 Å². The van der Waals surface area contributed by atoms with E-state index in [1.54, 1.807) is 30.3 Å². The largest absolute Gasteiger partial charge is 0.465 e. The molecule has 1 heterocycles. The molecule has 0 unspecified atom stereocenters. The number of benzene rings is 3. The summed E-state index contributed by atoms with van der Waals surface area (Å²) in [6, 6.07) is 16.7. The quantitative estimate of drug-likeness (QED) is 0.215. The van der Waals surface area contributed by atoms with E-state index in [1.807, 2.05) is 0 Å². The van der Waals surface area contributed by atoms with E-state index in [0.717, 1.165) is 0 Å². The van der Waals surface area contributed by atoms with Crippen LogP contribution < -0.4 is 10.6 Å². The van der Waals surface area contributed by atoms with Gasteiger partial charge in [0.15, 0.2) is 5.78 Å². The lowest BCUT2D eigenvalue weighted by Gasteiger charge is -2.11. The molecule has 0 fully saturated rings. The third kappa shape index (κ3) is 6.18. The minimum absolute atomic E-state index is 0.115. The van der Waals surface area contributed by atoms with Crippen molar-refractivity contribution in [1.29, 1.82) is 0 Å². The van der Waals surface area contributed by atoms with E-state index in [-0.39, 0.29) is 17.2 Å². The molecule has 0 aliphatic heterocycles. The predicted octanol–water partition coefficient (Wildman–Crippen LogP) is 4.11. The summed E-state index contributed by atoms with van der Waals surface area (Å²) >= 11 is 0. The highest BCUT2D eigenvalue weighted by molar-refractivity contribution is 6.12. The molecule has 1 aromatic heterocycles. The monoisotopic (exact) mass is 483 g/mol. The highest BCUT2D eigenvalue weighted by atomic mass is 19.1. The Morgan fingerprint density at radius 3 is 2.39 bits per heavy atom. The Bertz CT molecular complexity index is 1490. The van der Waals surface area contributed by atoms with E-state index in [2.05, 4.69) is 32.6 Å². The van der Waals surface area contributed by atoms with E-state index in [4.69, 9.17) is 5.11 Å². The van der Waals surface area contributed by atoms with Crippen LogP contribution in [0.4, 0.5) is 20.6 Å². The van der Waals surface area contributed by atoms with Crippen molar-refractivity contribution in [2.24, 2.45) is 0 Å². The Morgan fingerprint density at radius 2 is 1.67 bits per heavy atom. The fourth-order valence-corrected chi connectivity index (χ4v) is 3.23. The van der Waals surface area contributed by atoms with E-state index >= 15 is 0 Å². The topological polar surface area (TPSA) is 126 Å². The van der Waals surface area contributed by atoms with Crippen molar-refractivity contribution >= 4 is 29.2 Å². The van der Waals surface area contributed by atoms with Crippen molar-refractivity contribution in [3.63, 3.8) is 0 Å². The minimum atomic E-state index is -1.32. The molecule has 4 rings (SSSR count). The number of halogens is 1. The van der Waals surface area contributed by atoms with Gasteiger partial charge >= 0.3 is 6.09 Å². The number of rotatable bonds is 6. The number of ketones is 1. The van der Waals surface area contributed by atoms with Crippen molar-refractivity contribution in [3.8, 4) is 17.5 Å². The van der Waals surface area contributed by atoms with Crippen LogP contribution in [0.5, 0.6) is 0 Å². The molecule has 4 aromatic rings. The number of carbonyl (C=O) groups is 3. The molecule has 0 saturated heterocycles. The van der Waals surface area contributed by atoms with Crippen molar-refractivity contribution in [1.82, 2.24) is 14.8 Å². The van der Waals surface area contributed by atoms with Crippen LogP contribution in [0.3, 0.4) is 0 Å². The van der Waals surface area contributed by atoms with Crippen molar-refractivity contribution in [2.45, 2.75) is 6.42 Å². The third-order valence-corrected chi connectivity index (χ3v) is 4.90. The Morgan fingerprint density at radius 1 is 0.917 bits per heavy atom. The number of nitrogens with one attached hydrogen (secondary N) is 2. The molecule has 2 amide bonds. The van der Waals surface area contributed by atoms with Crippen LogP contribution in [0.15, 0.2) is 79.4 Å². The van der Waals surface area contributed by atoms with Gasteiger partial charge < -0.3 is 10.4 Å². The molecular weight excluding hydrogens is 465 g/mol. The van der Waals surface area contributed by atoms with Gasteiger partial charge in [-0.25, -0.2) is 18.9 Å². The first-order valence-corrected chi connectivity index (χ1v) is 10.6. The standard InChI is InChI=1S/C26H18FN5O4/c27-20-9-6-17(7-10-20)4-5-18-8-11-22(31-26(35)36)23(12-18)30-25(34)14-24(33)19-2-1-3-21(13-19)32-16-28-15-29-32/h1-3,6-13,15-16,31H,14H2,(H,30,34)(H,35,36). The van der Waals surface area contributed by atoms with Gasteiger partial charge in [-0.05, 0) is 54.6 Å². The molecule has 10 heteroatoms. The SMILES string of the molecule is O=C(O)Nc1ccc(C#Cc2ccc(F)cc2)cc1NC(=O)CC(=O)c1cccc(-n2cncn2)c1. The van der Waals surface area contributed by atoms with E-state index in [1.165, 1.54) is 53.7 Å². The van der Waals surface area contributed by atoms with E-state index in [0.29, 0.717) is 22.4 Å². The fraction of sp³-hybridized carbons (Fsp3) is 0.0385. The average Bonchev–Trinajstić information content (AvgIpc) is 3.40. The lowest BCUT2D eigenvalue weighted by atomic mass is 10.1. The molecule has 3 N–H and O–H groups in total. The first kappa shape index (κ1) is 23.8. The smallest absolute Gasteiger partial charge is 0.409 e. The van der Waals surface area contributed by atoms with Crippen LogP contribution in [-0.4, -0.2) is 37.7 Å². The normalized spacial score (nSPS) is 10.1. The summed E-state index contributed by atoms with van der Waals surface area (Å²) in [6.07, 6.45) is 1.05. The van der Waals surface area contributed by atoms with Gasteiger partial charge in [-0.2, -0.15) is 5.10 Å². The number of nitrogens with zero attached hydrogens (tertiary/aromatic N) is 3. The molecule has 3 aromatic carbocycles. The molecule has 0 spiro atoms. The zero-order valence-corrected chi connectivity index (χ0v) is 18.6. The summed E-state index contributed by atoms with van der Waals surface area (Å²) in [7, 11) is 0. The number of hydrogen-bond donors (Lipinski definition) is 3. The molecule has 0 aliphatic carbocycles. The molecule has 0 aliphatic rings. The van der Waals surface area contributed by atoms with Gasteiger partial charge in [0.25, 0.3) is 0 Å². The number of carbonyl (C=O) groups excluding carboxylic acids is 2. The van der Waals surface area contributed by atoms with Crippen LogP contribution in [0, 0.1) is 17.7 Å². The fourth-order valence-electron chi connectivity index (χ4n) is 3.23. The Balaban J connectivity index is 1.51. The average molecular weight is 483 g/mol. The Kier molecular flexibility index (Phi) is 7.12. The first-order chi connectivity index (χ1) is 17.4. The number of aromatic nitrogens is 3. The maximum Gasteiger partial charge on any atom is 0.409 e. The summed E-state index contributed by atoms with van der Waals surface area (Å²) in [5.41, 5.74) is 2.22. The zero-order valence-electron chi connectivity index (χ0n) is 18.6. The molecule has 178 valence electrons. The lowest BCUT2D eigenvalue weighted by Crippen LogP contribution is -2.18. The zero-order chi connectivity index (χ0) is 25.5. The Hall–Kier alpha value is -5.30. The first-order valence-electron chi connectivity index (χ1n) is 10.6. The number of carboxylic acid groups (broad SMARTS) is 1. The van der Waals surface area contributed by atoms with Gasteiger partial charge in [0, 0.05) is 16.7 Å². The maximum atomic E-state index is 13.1. The summed E-state index contributed by atoms with van der Waals surface area (Å²) < 4.78 is 14.6. The second-order valence-electron chi connectivity index (χ2n) is 7.49. The van der Waals surface area contributed by atoms with Gasteiger partial charge in [0.2, 0.25) is 5.91 Å². The van der Waals surface area contributed by atoms with Crippen LogP contribution >= 0.6 is 0 Å². The van der Waals surface area contributed by atoms with Gasteiger partial charge in [-0.3, -0.25) is 14.9 Å². The molecule has 0 radical (unpaired) electrons. The third-order valence-electron chi connectivity index (χ3n) is 4.90. The Labute approximate surface area is 204 Å². The molecule has 0 bridgehead atoms. The van der Waals surface area contributed by atoms with E-state index in [9.17, 15) is 18.8 Å². The van der Waals surface area contributed by atoms with Crippen molar-refractivity contribution in [3.05, 3.63) is 102 Å². The van der Waals surface area contributed by atoms with Crippen LogP contribution in [0.25, 0.3) is 5.69 Å². The second kappa shape index (κ2) is 10.8. The number of amides is 2. The summed E-state index contributed by atoms with van der Waals surface area (Å²) in [4.78, 5) is 40.4. The van der Waals surface area contributed by atoms with Crippen molar-refractivity contribution < 1.29 is 23.9 Å². The predicted molar refractivity (Wildman–Crippen MR) is 129 cm³/mol. The van der Waals surface area contributed by atoms with Crippen molar-refractivity contribution in [2.75, 3.05) is 10.6 Å². The molecular formula is C26H18FN5O4.